The van der Waals surface area contributed by atoms with Crippen LogP contribution in [0.2, 0.25) is 0 Å². The van der Waals surface area contributed by atoms with Gasteiger partial charge >= 0.3 is 13.6 Å². The monoisotopic (exact) mass is 272 g/mol. The first-order valence-electron chi connectivity index (χ1n) is 5.44. The molecule has 1 aromatic rings. The molecule has 0 saturated heterocycles. The van der Waals surface area contributed by atoms with E-state index in [4.69, 9.17) is 13.8 Å². The fraction of sp³-hybridized carbons (Fsp3) is 0.417. The minimum atomic E-state index is -3.45. The topological polar surface area (TPSA) is 61.8 Å². The second kappa shape index (κ2) is 6.69. The molecule has 1 atom stereocenters. The number of hydrogen-bond acceptors (Lipinski definition) is 5. The average molecular weight is 272 g/mol. The maximum Gasteiger partial charge on any atom is 0.370 e. The Morgan fingerprint density at radius 1 is 1.22 bits per heavy atom. The van der Waals surface area contributed by atoms with Crippen molar-refractivity contribution in [3.8, 4) is 0 Å². The summed E-state index contributed by atoms with van der Waals surface area (Å²) in [6.45, 7) is 1.26. The van der Waals surface area contributed by atoms with Crippen LogP contribution in [0.15, 0.2) is 30.3 Å². The van der Waals surface area contributed by atoms with Crippen LogP contribution >= 0.6 is 7.60 Å². The third kappa shape index (κ3) is 3.95. The first-order chi connectivity index (χ1) is 8.51. The fourth-order valence-corrected chi connectivity index (χ4v) is 2.87. The molecule has 0 amide bonds. The van der Waals surface area contributed by atoms with Crippen LogP contribution in [-0.2, 0) is 29.6 Å². The number of ether oxygens (including phenoxy) is 1. The minimum absolute atomic E-state index is 0.277. The zero-order chi connectivity index (χ0) is 13.6. The number of esters is 1. The molecule has 5 nitrogen and oxygen atoms in total. The Bertz CT molecular complexity index is 423. The Kier molecular flexibility index (Phi) is 5.54. The number of benzene rings is 1. The van der Waals surface area contributed by atoms with Crippen LogP contribution in [0.4, 0.5) is 0 Å². The SMILES string of the molecule is COP(=O)(OC)C(Cc1ccccc1)OC(C)=O. The van der Waals surface area contributed by atoms with Gasteiger partial charge in [-0.1, -0.05) is 30.3 Å². The number of hydrogen-bond donors (Lipinski definition) is 0. The van der Waals surface area contributed by atoms with Gasteiger partial charge in [0.1, 0.15) is 0 Å². The van der Waals surface area contributed by atoms with Crippen LogP contribution in [0.1, 0.15) is 12.5 Å². The lowest BCUT2D eigenvalue weighted by atomic mass is 10.2. The van der Waals surface area contributed by atoms with Crippen molar-refractivity contribution in [1.82, 2.24) is 0 Å². The molecular weight excluding hydrogens is 255 g/mol. The van der Waals surface area contributed by atoms with Crippen LogP contribution in [0.5, 0.6) is 0 Å². The molecule has 0 aliphatic carbocycles. The first kappa shape index (κ1) is 14.9. The van der Waals surface area contributed by atoms with E-state index in [1.54, 1.807) is 0 Å². The van der Waals surface area contributed by atoms with Gasteiger partial charge in [0.25, 0.3) is 0 Å². The Morgan fingerprint density at radius 2 is 1.78 bits per heavy atom. The highest BCUT2D eigenvalue weighted by atomic mass is 31.2. The van der Waals surface area contributed by atoms with E-state index in [1.807, 2.05) is 30.3 Å². The molecule has 1 rings (SSSR count). The van der Waals surface area contributed by atoms with E-state index in [2.05, 4.69) is 0 Å². The molecular formula is C12H17O5P. The summed E-state index contributed by atoms with van der Waals surface area (Å²) in [6, 6.07) is 9.28. The van der Waals surface area contributed by atoms with Crippen molar-refractivity contribution >= 4 is 13.6 Å². The Morgan fingerprint density at radius 3 is 2.22 bits per heavy atom. The molecule has 100 valence electrons. The summed E-state index contributed by atoms with van der Waals surface area (Å²) in [5.41, 5.74) is 0.887. The molecule has 0 radical (unpaired) electrons. The zero-order valence-electron chi connectivity index (χ0n) is 10.7. The van der Waals surface area contributed by atoms with Gasteiger partial charge in [0, 0.05) is 27.6 Å². The van der Waals surface area contributed by atoms with Crippen molar-refractivity contribution in [3.63, 3.8) is 0 Å². The normalized spacial score (nSPS) is 13.1. The Labute approximate surface area is 107 Å². The predicted molar refractivity (Wildman–Crippen MR) is 67.3 cm³/mol. The van der Waals surface area contributed by atoms with Crippen molar-refractivity contribution in [2.45, 2.75) is 19.2 Å². The summed E-state index contributed by atoms with van der Waals surface area (Å²) < 4.78 is 27.1. The van der Waals surface area contributed by atoms with Crippen molar-refractivity contribution in [3.05, 3.63) is 35.9 Å². The molecule has 0 bridgehead atoms. The number of rotatable bonds is 6. The van der Waals surface area contributed by atoms with E-state index in [1.165, 1.54) is 21.1 Å². The van der Waals surface area contributed by atoms with E-state index in [0.29, 0.717) is 0 Å². The van der Waals surface area contributed by atoms with Gasteiger partial charge in [-0.2, -0.15) is 0 Å². The Hall–Kier alpha value is -1.16. The zero-order valence-corrected chi connectivity index (χ0v) is 11.6. The Balaban J connectivity index is 2.92. The molecule has 0 N–H and O–H groups in total. The van der Waals surface area contributed by atoms with Crippen molar-refractivity contribution in [2.24, 2.45) is 0 Å². The molecule has 6 heteroatoms. The van der Waals surface area contributed by atoms with Crippen molar-refractivity contribution < 1.29 is 23.1 Å². The molecule has 0 saturated carbocycles. The van der Waals surface area contributed by atoms with Gasteiger partial charge in [0.05, 0.1) is 0 Å². The van der Waals surface area contributed by atoms with Crippen LogP contribution in [0.25, 0.3) is 0 Å². The summed E-state index contributed by atoms with van der Waals surface area (Å²) in [4.78, 5) is 11.1. The summed E-state index contributed by atoms with van der Waals surface area (Å²) in [7, 11) is -0.914. The summed E-state index contributed by atoms with van der Waals surface area (Å²) >= 11 is 0. The van der Waals surface area contributed by atoms with E-state index in [9.17, 15) is 9.36 Å². The number of carbonyl (C=O) groups is 1. The highest BCUT2D eigenvalue weighted by Gasteiger charge is 2.36. The molecule has 0 aliphatic rings. The van der Waals surface area contributed by atoms with Gasteiger partial charge in [-0.25, -0.2) is 0 Å². The highest BCUT2D eigenvalue weighted by molar-refractivity contribution is 7.54. The van der Waals surface area contributed by atoms with Crippen LogP contribution in [0.3, 0.4) is 0 Å². The molecule has 0 aliphatic heterocycles. The van der Waals surface area contributed by atoms with Crippen LogP contribution < -0.4 is 0 Å². The molecule has 0 heterocycles. The van der Waals surface area contributed by atoms with Gasteiger partial charge in [-0.3, -0.25) is 9.36 Å². The van der Waals surface area contributed by atoms with Gasteiger partial charge in [-0.05, 0) is 5.56 Å². The standard InChI is InChI=1S/C12H17O5P/c1-10(13)17-12(18(14,15-2)16-3)9-11-7-5-4-6-8-11/h4-8,12H,9H2,1-3H3. The lowest BCUT2D eigenvalue weighted by molar-refractivity contribution is -0.143. The maximum atomic E-state index is 12.3. The van der Waals surface area contributed by atoms with E-state index < -0.39 is 19.4 Å². The van der Waals surface area contributed by atoms with E-state index >= 15 is 0 Å². The van der Waals surface area contributed by atoms with Gasteiger partial charge in [0.15, 0.2) is 0 Å². The second-order valence-electron chi connectivity index (χ2n) is 3.66. The van der Waals surface area contributed by atoms with E-state index in [-0.39, 0.29) is 6.42 Å². The second-order valence-corrected chi connectivity index (χ2v) is 6.04. The third-order valence-electron chi connectivity index (χ3n) is 2.42. The average Bonchev–Trinajstić information content (AvgIpc) is 2.38. The van der Waals surface area contributed by atoms with Gasteiger partial charge in [-0.15, -0.1) is 0 Å². The number of carbonyl (C=O) groups excluding carboxylic acids is 1. The lowest BCUT2D eigenvalue weighted by Crippen LogP contribution is -2.21. The summed E-state index contributed by atoms with van der Waals surface area (Å²) in [5, 5.41) is 0. The fourth-order valence-electron chi connectivity index (χ4n) is 1.53. The molecule has 18 heavy (non-hydrogen) atoms. The third-order valence-corrected chi connectivity index (χ3v) is 4.43. The molecule has 1 aromatic carbocycles. The van der Waals surface area contributed by atoms with Crippen molar-refractivity contribution in [2.75, 3.05) is 14.2 Å². The molecule has 1 unspecified atom stereocenters. The molecule has 0 aromatic heterocycles. The van der Waals surface area contributed by atoms with Crippen LogP contribution in [0, 0.1) is 0 Å². The summed E-state index contributed by atoms with van der Waals surface area (Å²) in [6.07, 6.45) is 0.277. The molecule has 0 fully saturated rings. The predicted octanol–water partition coefficient (Wildman–Crippen LogP) is 2.60. The highest BCUT2D eigenvalue weighted by Crippen LogP contribution is 2.53. The molecule has 0 spiro atoms. The van der Waals surface area contributed by atoms with Gasteiger partial charge in [0.2, 0.25) is 5.85 Å². The lowest BCUT2D eigenvalue weighted by Gasteiger charge is -2.23. The van der Waals surface area contributed by atoms with Gasteiger partial charge < -0.3 is 13.8 Å². The van der Waals surface area contributed by atoms with E-state index in [0.717, 1.165) is 5.56 Å². The van der Waals surface area contributed by atoms with Crippen LogP contribution in [-0.4, -0.2) is 26.0 Å². The maximum absolute atomic E-state index is 12.3. The smallest absolute Gasteiger partial charge is 0.370 e. The van der Waals surface area contributed by atoms with Crippen molar-refractivity contribution in [1.29, 1.82) is 0 Å². The summed E-state index contributed by atoms with van der Waals surface area (Å²) in [5.74, 6) is -1.46. The minimum Gasteiger partial charge on any atom is -0.449 e. The quantitative estimate of drug-likeness (QED) is 0.588. The largest absolute Gasteiger partial charge is 0.449 e. The first-order valence-corrected chi connectivity index (χ1v) is 7.05.